The van der Waals surface area contributed by atoms with Crippen molar-refractivity contribution >= 4 is 51.2 Å². The van der Waals surface area contributed by atoms with Crippen molar-refractivity contribution in [2.24, 2.45) is 0 Å². The van der Waals surface area contributed by atoms with Crippen LogP contribution in [-0.4, -0.2) is 17.0 Å². The van der Waals surface area contributed by atoms with E-state index in [1.54, 1.807) is 19.1 Å². The van der Waals surface area contributed by atoms with Crippen molar-refractivity contribution in [3.05, 3.63) is 68.7 Å². The molecule has 0 fully saturated rings. The largest absolute Gasteiger partial charge is 0.478 e. The fraction of sp³-hybridized carbons (Fsp3) is 0.0588. The zero-order chi connectivity index (χ0) is 17.0. The number of nitrogens with one attached hydrogen (secondary N) is 1. The molecule has 6 heteroatoms. The van der Waals surface area contributed by atoms with E-state index in [1.165, 1.54) is 12.1 Å². The first-order valence-corrected chi connectivity index (χ1v) is 7.82. The molecule has 0 radical (unpaired) electrons. The van der Waals surface area contributed by atoms with Crippen LogP contribution in [-0.2, 0) is 4.79 Å². The summed E-state index contributed by atoms with van der Waals surface area (Å²) in [5.74, 6) is -1.49. The second kappa shape index (κ2) is 7.44. The Kier molecular flexibility index (Phi) is 5.58. The highest BCUT2D eigenvalue weighted by molar-refractivity contribution is 9.10. The van der Waals surface area contributed by atoms with Gasteiger partial charge in [-0.1, -0.05) is 45.7 Å². The van der Waals surface area contributed by atoms with E-state index in [-0.39, 0.29) is 22.2 Å². The number of benzene rings is 2. The Morgan fingerprint density at radius 3 is 2.43 bits per heavy atom. The Morgan fingerprint density at radius 1 is 1.17 bits per heavy atom. The molecule has 2 aromatic rings. The number of rotatable bonds is 4. The molecule has 0 saturated heterocycles. The molecule has 0 aromatic heterocycles. The van der Waals surface area contributed by atoms with Crippen molar-refractivity contribution in [3.63, 3.8) is 0 Å². The maximum atomic E-state index is 12.2. The van der Waals surface area contributed by atoms with Gasteiger partial charge in [0, 0.05) is 10.0 Å². The number of halogens is 2. The Bertz CT molecular complexity index is 785. The normalized spacial score (nSPS) is 11.2. The van der Waals surface area contributed by atoms with Gasteiger partial charge in [-0.3, -0.25) is 4.79 Å². The summed E-state index contributed by atoms with van der Waals surface area (Å²) in [5.41, 5.74) is 1.56. The molecule has 0 heterocycles. The topological polar surface area (TPSA) is 66.4 Å². The lowest BCUT2D eigenvalue weighted by Gasteiger charge is -2.09. The van der Waals surface area contributed by atoms with Gasteiger partial charge in [-0.25, -0.2) is 4.79 Å². The lowest BCUT2D eigenvalue weighted by atomic mass is 10.1. The quantitative estimate of drug-likeness (QED) is 0.729. The van der Waals surface area contributed by atoms with Gasteiger partial charge < -0.3 is 10.4 Å². The number of carboxylic acid groups (broad SMARTS) is 1. The summed E-state index contributed by atoms with van der Waals surface area (Å²) >= 11 is 9.36. The molecule has 23 heavy (non-hydrogen) atoms. The van der Waals surface area contributed by atoms with Gasteiger partial charge in [0.1, 0.15) is 0 Å². The van der Waals surface area contributed by atoms with E-state index in [9.17, 15) is 9.59 Å². The number of hydrogen-bond donors (Lipinski definition) is 2. The Morgan fingerprint density at radius 2 is 1.83 bits per heavy atom. The SMILES string of the molecule is C/C(=C\c1ccc(Br)cc1)C(=O)Nc1cccc(C(=O)O)c1Cl. The summed E-state index contributed by atoms with van der Waals surface area (Å²) in [6, 6.07) is 12.0. The van der Waals surface area contributed by atoms with Crippen molar-refractivity contribution in [1.29, 1.82) is 0 Å². The zero-order valence-corrected chi connectivity index (χ0v) is 14.5. The molecule has 2 N–H and O–H groups in total. The predicted octanol–water partition coefficient (Wildman–Crippen LogP) is 4.84. The standard InChI is InChI=1S/C17H13BrClNO3/c1-10(9-11-5-7-12(18)8-6-11)16(21)20-14-4-2-3-13(15(14)19)17(22)23/h2-9H,1H3,(H,20,21)(H,22,23)/b10-9+. The monoisotopic (exact) mass is 393 g/mol. The predicted molar refractivity (Wildman–Crippen MR) is 94.8 cm³/mol. The van der Waals surface area contributed by atoms with Crippen molar-refractivity contribution < 1.29 is 14.7 Å². The number of hydrogen-bond acceptors (Lipinski definition) is 2. The molecule has 2 rings (SSSR count). The molecule has 118 valence electrons. The molecule has 2 aromatic carbocycles. The first-order valence-electron chi connectivity index (χ1n) is 6.65. The third-order valence-corrected chi connectivity index (χ3v) is 4.02. The number of anilines is 1. The van der Waals surface area contributed by atoms with Crippen molar-refractivity contribution in [2.75, 3.05) is 5.32 Å². The molecule has 0 spiro atoms. The lowest BCUT2D eigenvalue weighted by Crippen LogP contribution is -2.13. The first kappa shape index (κ1) is 17.2. The van der Waals surface area contributed by atoms with E-state index in [2.05, 4.69) is 21.2 Å². The molecule has 1 amide bonds. The molecule has 0 atom stereocenters. The lowest BCUT2D eigenvalue weighted by molar-refractivity contribution is -0.112. The minimum absolute atomic E-state index is 0.00444. The summed E-state index contributed by atoms with van der Waals surface area (Å²) in [4.78, 5) is 23.3. The fourth-order valence-electron chi connectivity index (χ4n) is 1.89. The van der Waals surface area contributed by atoms with Crippen LogP contribution in [0.4, 0.5) is 5.69 Å². The maximum absolute atomic E-state index is 12.2. The second-order valence-electron chi connectivity index (χ2n) is 4.81. The van der Waals surface area contributed by atoms with E-state index in [4.69, 9.17) is 16.7 Å². The average molecular weight is 395 g/mol. The molecule has 0 aliphatic carbocycles. The van der Waals surface area contributed by atoms with Crippen LogP contribution in [0.2, 0.25) is 5.02 Å². The first-order chi connectivity index (χ1) is 10.9. The molecule has 0 bridgehead atoms. The van der Waals surface area contributed by atoms with E-state index in [0.29, 0.717) is 5.57 Å². The summed E-state index contributed by atoms with van der Waals surface area (Å²) in [6.07, 6.45) is 1.73. The molecule has 0 unspecified atom stereocenters. The second-order valence-corrected chi connectivity index (χ2v) is 6.10. The average Bonchev–Trinajstić information content (AvgIpc) is 2.51. The van der Waals surface area contributed by atoms with Crippen LogP contribution >= 0.6 is 27.5 Å². The summed E-state index contributed by atoms with van der Waals surface area (Å²) in [6.45, 7) is 1.67. The van der Waals surface area contributed by atoms with Gasteiger partial charge in [0.25, 0.3) is 5.91 Å². The van der Waals surface area contributed by atoms with Crippen LogP contribution in [0, 0.1) is 0 Å². The minimum Gasteiger partial charge on any atom is -0.478 e. The Hall–Kier alpha value is -2.11. The third-order valence-electron chi connectivity index (χ3n) is 3.09. The van der Waals surface area contributed by atoms with E-state index >= 15 is 0 Å². The summed E-state index contributed by atoms with van der Waals surface area (Å²) in [7, 11) is 0. The smallest absolute Gasteiger partial charge is 0.337 e. The van der Waals surface area contributed by atoms with E-state index in [1.807, 2.05) is 24.3 Å². The highest BCUT2D eigenvalue weighted by atomic mass is 79.9. The van der Waals surface area contributed by atoms with Gasteiger partial charge >= 0.3 is 5.97 Å². The van der Waals surface area contributed by atoms with Gasteiger partial charge in [0.15, 0.2) is 0 Å². The van der Waals surface area contributed by atoms with Gasteiger partial charge in [-0.2, -0.15) is 0 Å². The van der Waals surface area contributed by atoms with Crippen molar-refractivity contribution in [2.45, 2.75) is 6.92 Å². The molecular formula is C17H13BrClNO3. The Labute approximate surface area is 146 Å². The van der Waals surface area contributed by atoms with Crippen LogP contribution in [0.5, 0.6) is 0 Å². The van der Waals surface area contributed by atoms with Gasteiger partial charge in [0.2, 0.25) is 0 Å². The molecule has 0 aliphatic heterocycles. The summed E-state index contributed by atoms with van der Waals surface area (Å²) in [5, 5.41) is 11.7. The van der Waals surface area contributed by atoms with E-state index in [0.717, 1.165) is 10.0 Å². The van der Waals surface area contributed by atoms with Crippen LogP contribution in [0.1, 0.15) is 22.8 Å². The van der Waals surface area contributed by atoms with Gasteiger partial charge in [-0.05, 0) is 42.8 Å². The van der Waals surface area contributed by atoms with Crippen LogP contribution in [0.15, 0.2) is 52.5 Å². The maximum Gasteiger partial charge on any atom is 0.337 e. The zero-order valence-electron chi connectivity index (χ0n) is 12.1. The fourth-order valence-corrected chi connectivity index (χ4v) is 2.41. The number of carboxylic acids is 1. The number of carbonyl (C=O) groups is 2. The van der Waals surface area contributed by atoms with Crippen LogP contribution in [0.25, 0.3) is 6.08 Å². The number of amides is 1. The van der Waals surface area contributed by atoms with Crippen molar-refractivity contribution in [3.8, 4) is 0 Å². The van der Waals surface area contributed by atoms with E-state index < -0.39 is 5.97 Å². The van der Waals surface area contributed by atoms with Crippen LogP contribution in [0.3, 0.4) is 0 Å². The van der Waals surface area contributed by atoms with Crippen LogP contribution < -0.4 is 5.32 Å². The third kappa shape index (κ3) is 4.43. The summed E-state index contributed by atoms with van der Waals surface area (Å²) < 4.78 is 0.953. The van der Waals surface area contributed by atoms with Gasteiger partial charge in [0.05, 0.1) is 16.3 Å². The number of aromatic carboxylic acids is 1. The Balaban J connectivity index is 2.20. The minimum atomic E-state index is -1.15. The van der Waals surface area contributed by atoms with Gasteiger partial charge in [-0.15, -0.1) is 0 Å². The molecule has 0 aliphatic rings. The highest BCUT2D eigenvalue weighted by Gasteiger charge is 2.14. The molecular weight excluding hydrogens is 382 g/mol. The highest BCUT2D eigenvalue weighted by Crippen LogP contribution is 2.26. The van der Waals surface area contributed by atoms with Crippen molar-refractivity contribution in [1.82, 2.24) is 0 Å². The molecule has 0 saturated carbocycles. The molecule has 4 nitrogen and oxygen atoms in total. The number of carbonyl (C=O) groups excluding carboxylic acids is 1.